The van der Waals surface area contributed by atoms with Crippen molar-refractivity contribution in [3.05, 3.63) is 182 Å². The summed E-state index contributed by atoms with van der Waals surface area (Å²) in [6.45, 7) is 19.6. The molecule has 0 aromatic heterocycles. The Labute approximate surface area is 364 Å². The fraction of sp³-hybridized carbons (Fsp3) is 0.143. The largest absolute Gasteiger partial charge is 0.311 e. The zero-order valence-corrected chi connectivity index (χ0v) is 39.7. The number of nitrogens with zero attached hydrogens (tertiary/aromatic N) is 2. The minimum absolute atomic E-state index is 1.16. The Morgan fingerprint density at radius 2 is 0.820 bits per heavy atom. The molecule has 1 aliphatic rings. The van der Waals surface area contributed by atoms with Crippen molar-refractivity contribution in [1.29, 1.82) is 0 Å². The van der Waals surface area contributed by atoms with E-state index < -0.39 is 24.2 Å². The van der Waals surface area contributed by atoms with Crippen LogP contribution in [0.15, 0.2) is 182 Å². The van der Waals surface area contributed by atoms with Crippen LogP contribution in [-0.4, -0.2) is 24.2 Å². The van der Waals surface area contributed by atoms with Crippen molar-refractivity contribution in [3.8, 4) is 11.1 Å². The fourth-order valence-corrected chi connectivity index (χ4v) is 15.2. The maximum atomic E-state index is 2.56. The molecule has 0 bridgehead atoms. The minimum atomic E-state index is -2.21. The molecule has 0 saturated carbocycles. The highest BCUT2D eigenvalue weighted by Crippen LogP contribution is 2.47. The van der Waals surface area contributed by atoms with Crippen molar-refractivity contribution in [3.63, 3.8) is 0 Å². The molecule has 0 spiro atoms. The van der Waals surface area contributed by atoms with E-state index in [2.05, 4.69) is 244 Å². The van der Waals surface area contributed by atoms with E-state index in [1.165, 1.54) is 92.6 Å². The van der Waals surface area contributed by atoms with Crippen LogP contribution in [-0.2, 0) is 0 Å². The van der Waals surface area contributed by atoms with Gasteiger partial charge in [-0.3, -0.25) is 0 Å². The van der Waals surface area contributed by atoms with Crippen LogP contribution >= 0.6 is 0 Å². The molecule has 9 aromatic rings. The standard InChI is InChI=1S/C56H54N2Si3/c1-59(2,3)44-31-26-41(27-32-44)57(39-18-11-9-12-19-39)43-30-35-48-52-37-50-46-22-15-16-23-47(46)53(38-51(50)49-24-17-25-54(56(49)52)61(7,8)55(48)36-43)58(40-20-13-10-14-21-40)42-28-33-45(34-29-42)60(4,5)6/h9-38H,1-8H3. The topological polar surface area (TPSA) is 6.48 Å². The van der Waals surface area contributed by atoms with Crippen molar-refractivity contribution in [2.75, 3.05) is 9.80 Å². The third-order valence-corrected chi connectivity index (χ3v) is 20.8. The molecular weight excluding hydrogens is 785 g/mol. The van der Waals surface area contributed by atoms with Crippen molar-refractivity contribution in [2.24, 2.45) is 0 Å². The van der Waals surface area contributed by atoms with Crippen LogP contribution in [0.3, 0.4) is 0 Å². The Bertz CT molecular complexity index is 3110. The van der Waals surface area contributed by atoms with Gasteiger partial charge in [0.05, 0.1) is 21.8 Å². The van der Waals surface area contributed by atoms with Crippen LogP contribution in [0.1, 0.15) is 0 Å². The second kappa shape index (κ2) is 14.6. The normalized spacial score (nSPS) is 13.4. The highest BCUT2D eigenvalue weighted by Gasteiger charge is 2.37. The number of para-hydroxylation sites is 2. The average molecular weight is 839 g/mol. The number of hydrogen-bond donors (Lipinski definition) is 0. The molecule has 0 fully saturated rings. The summed E-state index contributed by atoms with van der Waals surface area (Å²) in [5, 5.41) is 13.8. The summed E-state index contributed by atoms with van der Waals surface area (Å²) in [6.07, 6.45) is 0. The Balaban J connectivity index is 1.20. The van der Waals surface area contributed by atoms with E-state index in [4.69, 9.17) is 0 Å². The molecule has 0 aliphatic carbocycles. The lowest BCUT2D eigenvalue weighted by Gasteiger charge is -2.36. The van der Waals surface area contributed by atoms with Gasteiger partial charge in [0, 0.05) is 33.8 Å². The zero-order valence-electron chi connectivity index (χ0n) is 36.7. The van der Waals surface area contributed by atoms with Gasteiger partial charge in [-0.2, -0.15) is 0 Å². The van der Waals surface area contributed by atoms with Gasteiger partial charge in [0.2, 0.25) is 0 Å². The van der Waals surface area contributed by atoms with Crippen LogP contribution in [0.4, 0.5) is 34.1 Å². The maximum Gasteiger partial charge on any atom is 0.113 e. The molecule has 0 unspecified atom stereocenters. The molecule has 1 heterocycles. The van der Waals surface area contributed by atoms with Gasteiger partial charge >= 0.3 is 0 Å². The predicted molar refractivity (Wildman–Crippen MR) is 276 cm³/mol. The second-order valence-corrected chi connectivity index (χ2v) is 34.0. The summed E-state index contributed by atoms with van der Waals surface area (Å²) in [7, 11) is -5.12. The Morgan fingerprint density at radius 3 is 1.41 bits per heavy atom. The molecule has 10 rings (SSSR count). The number of fused-ring (bicyclic) bond motifs is 6. The lowest BCUT2D eigenvalue weighted by atomic mass is 9.89. The van der Waals surface area contributed by atoms with E-state index in [9.17, 15) is 0 Å². The highest BCUT2D eigenvalue weighted by molar-refractivity contribution is 7.03. The Kier molecular flexibility index (Phi) is 9.36. The monoisotopic (exact) mass is 838 g/mol. The molecule has 300 valence electrons. The van der Waals surface area contributed by atoms with Crippen molar-refractivity contribution < 1.29 is 0 Å². The first-order chi connectivity index (χ1) is 29.3. The van der Waals surface area contributed by atoms with Gasteiger partial charge < -0.3 is 9.80 Å². The average Bonchev–Trinajstić information content (AvgIpc) is 3.26. The van der Waals surface area contributed by atoms with E-state index in [-0.39, 0.29) is 0 Å². The first-order valence-electron chi connectivity index (χ1n) is 21.8. The molecule has 61 heavy (non-hydrogen) atoms. The summed E-state index contributed by atoms with van der Waals surface area (Å²) in [5.74, 6) is 0. The van der Waals surface area contributed by atoms with E-state index in [1.54, 1.807) is 0 Å². The van der Waals surface area contributed by atoms with Crippen LogP contribution < -0.4 is 30.5 Å². The number of rotatable bonds is 8. The summed E-state index contributed by atoms with van der Waals surface area (Å²) < 4.78 is 0. The summed E-state index contributed by atoms with van der Waals surface area (Å²) in [6, 6.07) is 69.0. The lowest BCUT2D eigenvalue weighted by molar-refractivity contribution is 1.29. The second-order valence-electron chi connectivity index (χ2n) is 19.5. The Morgan fingerprint density at radius 1 is 0.344 bits per heavy atom. The third-order valence-electron chi connectivity index (χ3n) is 13.1. The predicted octanol–water partition coefficient (Wildman–Crippen LogP) is 14.0. The van der Waals surface area contributed by atoms with Gasteiger partial charge in [0.25, 0.3) is 0 Å². The molecule has 0 N–H and O–H groups in total. The molecule has 5 heteroatoms. The molecule has 0 radical (unpaired) electrons. The van der Waals surface area contributed by atoms with E-state index >= 15 is 0 Å². The molecule has 9 aromatic carbocycles. The van der Waals surface area contributed by atoms with Crippen LogP contribution in [0.5, 0.6) is 0 Å². The molecule has 1 aliphatic heterocycles. The smallest absolute Gasteiger partial charge is 0.113 e. The summed E-state index contributed by atoms with van der Waals surface area (Å²) in [4.78, 5) is 4.92. The maximum absolute atomic E-state index is 2.56. The molecule has 0 saturated heterocycles. The van der Waals surface area contributed by atoms with Crippen LogP contribution in [0.2, 0.25) is 52.4 Å². The zero-order chi connectivity index (χ0) is 42.3. The quantitative estimate of drug-likeness (QED) is 0.111. The van der Waals surface area contributed by atoms with E-state index in [1.807, 2.05) is 0 Å². The number of benzene rings is 9. The molecular formula is C56H54N2Si3. The number of hydrogen-bond acceptors (Lipinski definition) is 2. The van der Waals surface area contributed by atoms with Gasteiger partial charge in [-0.15, -0.1) is 0 Å². The van der Waals surface area contributed by atoms with Gasteiger partial charge in [-0.1, -0.05) is 172 Å². The minimum Gasteiger partial charge on any atom is -0.311 e. The molecule has 0 atom stereocenters. The van der Waals surface area contributed by atoms with Crippen molar-refractivity contribution >= 4 is 111 Å². The van der Waals surface area contributed by atoms with Gasteiger partial charge in [-0.25, -0.2) is 0 Å². The third kappa shape index (κ3) is 6.67. The highest BCUT2D eigenvalue weighted by atomic mass is 28.3. The van der Waals surface area contributed by atoms with E-state index in [0.29, 0.717) is 0 Å². The van der Waals surface area contributed by atoms with Crippen molar-refractivity contribution in [2.45, 2.75) is 52.4 Å². The van der Waals surface area contributed by atoms with Gasteiger partial charge in [0.1, 0.15) is 8.07 Å². The Hall–Kier alpha value is -5.99. The van der Waals surface area contributed by atoms with Crippen molar-refractivity contribution in [1.82, 2.24) is 0 Å². The summed E-state index contributed by atoms with van der Waals surface area (Å²) >= 11 is 0. The van der Waals surface area contributed by atoms with Crippen LogP contribution in [0, 0.1) is 0 Å². The first kappa shape index (κ1) is 39.2. The lowest BCUT2D eigenvalue weighted by Crippen LogP contribution is -2.56. The SMILES string of the molecule is C[Si](C)(C)c1ccc(N(c2ccccc2)c2ccc3c(c2)[Si](C)(C)c2cccc4c2c-3cc2c3ccccc3c(N(c3ccccc3)c3ccc([Si](C)(C)C)cc3)cc42)cc1. The van der Waals surface area contributed by atoms with Crippen LogP contribution in [0.25, 0.3) is 43.4 Å². The molecule has 2 nitrogen and oxygen atoms in total. The van der Waals surface area contributed by atoms with E-state index in [0.717, 1.165) is 5.69 Å². The van der Waals surface area contributed by atoms with Gasteiger partial charge in [-0.05, 0) is 121 Å². The molecule has 0 amide bonds. The van der Waals surface area contributed by atoms with Gasteiger partial charge in [0.15, 0.2) is 0 Å². The fourth-order valence-electron chi connectivity index (χ4n) is 9.78. The summed E-state index contributed by atoms with van der Waals surface area (Å²) in [5.41, 5.74) is 9.82. The first-order valence-corrected chi connectivity index (χ1v) is 31.8. The number of anilines is 6.